The molecule has 4 aromatic rings. The summed E-state index contributed by atoms with van der Waals surface area (Å²) in [6.45, 7) is 6.50. The van der Waals surface area contributed by atoms with Gasteiger partial charge in [-0.05, 0) is 112 Å². The molecule has 0 aliphatic carbocycles. The molecule has 0 bridgehead atoms. The van der Waals surface area contributed by atoms with Gasteiger partial charge in [-0.15, -0.1) is 0 Å². The van der Waals surface area contributed by atoms with Gasteiger partial charge >= 0.3 is 5.97 Å². The molecule has 1 aliphatic heterocycles. The highest BCUT2D eigenvalue weighted by atomic mass is 79.9. The standard InChI is InChI=1S/C32H27Br2ClN2O5S/c1-4-40-23-11-9-21(10-12-23)28-27(31(39)41-5-2)18(3)36-32-37(28)30(38)26(43-32)16-20-14-24(33)29(25(34)15-20)42-17-19-7-6-8-22(35)13-19/h6-16,28H,4-5,17H2,1-3H3/b26-16-/t28-/m0/s1. The Morgan fingerprint density at radius 2 is 1.77 bits per heavy atom. The molecule has 0 amide bonds. The zero-order chi connectivity index (χ0) is 30.7. The van der Waals surface area contributed by atoms with Crippen LogP contribution in [0.2, 0.25) is 5.02 Å². The zero-order valence-corrected chi connectivity index (χ0v) is 28.3. The second-order valence-corrected chi connectivity index (χ2v) is 12.7. The van der Waals surface area contributed by atoms with Gasteiger partial charge in [-0.2, -0.15) is 0 Å². The molecular weight excluding hydrogens is 720 g/mol. The Balaban J connectivity index is 1.54. The third-order valence-corrected chi connectivity index (χ3v) is 9.01. The molecule has 222 valence electrons. The van der Waals surface area contributed by atoms with Gasteiger partial charge in [0.15, 0.2) is 4.80 Å². The van der Waals surface area contributed by atoms with E-state index in [9.17, 15) is 9.59 Å². The van der Waals surface area contributed by atoms with Crippen molar-refractivity contribution in [1.29, 1.82) is 0 Å². The molecule has 1 atom stereocenters. The van der Waals surface area contributed by atoms with Crippen molar-refractivity contribution in [2.45, 2.75) is 33.4 Å². The number of thiazole rings is 1. The van der Waals surface area contributed by atoms with E-state index < -0.39 is 12.0 Å². The van der Waals surface area contributed by atoms with Crippen LogP contribution in [0.3, 0.4) is 0 Å². The van der Waals surface area contributed by atoms with E-state index in [1.54, 1.807) is 24.5 Å². The molecule has 11 heteroatoms. The maximum Gasteiger partial charge on any atom is 0.338 e. The van der Waals surface area contributed by atoms with Gasteiger partial charge in [0.2, 0.25) is 0 Å². The van der Waals surface area contributed by atoms with Crippen molar-refractivity contribution in [1.82, 2.24) is 4.57 Å². The second kappa shape index (κ2) is 13.6. The summed E-state index contributed by atoms with van der Waals surface area (Å²) < 4.78 is 20.5. The average Bonchev–Trinajstić information content (AvgIpc) is 3.26. The summed E-state index contributed by atoms with van der Waals surface area (Å²) in [5, 5.41) is 0.644. The lowest BCUT2D eigenvalue weighted by atomic mass is 9.96. The Hall–Kier alpha value is -3.18. The van der Waals surface area contributed by atoms with E-state index >= 15 is 0 Å². The van der Waals surface area contributed by atoms with E-state index in [-0.39, 0.29) is 12.2 Å². The van der Waals surface area contributed by atoms with E-state index in [0.29, 0.717) is 50.3 Å². The number of nitrogens with zero attached hydrogens (tertiary/aromatic N) is 2. The lowest BCUT2D eigenvalue weighted by Crippen LogP contribution is -2.39. The van der Waals surface area contributed by atoms with Gasteiger partial charge in [-0.25, -0.2) is 9.79 Å². The van der Waals surface area contributed by atoms with Crippen molar-refractivity contribution in [2.24, 2.45) is 4.99 Å². The molecule has 5 rings (SSSR count). The number of hydrogen-bond donors (Lipinski definition) is 0. The fourth-order valence-corrected chi connectivity index (χ4v) is 7.46. The molecule has 43 heavy (non-hydrogen) atoms. The summed E-state index contributed by atoms with van der Waals surface area (Å²) in [5.74, 6) is 0.829. The minimum atomic E-state index is -0.700. The minimum Gasteiger partial charge on any atom is -0.494 e. The van der Waals surface area contributed by atoms with Gasteiger partial charge < -0.3 is 14.2 Å². The number of benzene rings is 3. The van der Waals surface area contributed by atoms with Crippen LogP contribution >= 0.6 is 54.8 Å². The van der Waals surface area contributed by atoms with Crippen molar-refractivity contribution >= 4 is 66.8 Å². The Morgan fingerprint density at radius 1 is 1.05 bits per heavy atom. The predicted molar refractivity (Wildman–Crippen MR) is 176 cm³/mol. The van der Waals surface area contributed by atoms with Crippen molar-refractivity contribution < 1.29 is 19.0 Å². The van der Waals surface area contributed by atoms with E-state index in [0.717, 1.165) is 25.6 Å². The summed E-state index contributed by atoms with van der Waals surface area (Å²) in [4.78, 5) is 32.2. The van der Waals surface area contributed by atoms with Gasteiger partial charge in [0.05, 0.1) is 44.0 Å². The third kappa shape index (κ3) is 6.82. The van der Waals surface area contributed by atoms with Gasteiger partial charge in [-0.1, -0.05) is 47.2 Å². The van der Waals surface area contributed by atoms with Gasteiger partial charge in [0.25, 0.3) is 5.56 Å². The summed E-state index contributed by atoms with van der Waals surface area (Å²) in [5.41, 5.74) is 3.05. The molecule has 0 saturated carbocycles. The number of fused-ring (bicyclic) bond motifs is 1. The molecule has 0 saturated heterocycles. The maximum absolute atomic E-state index is 14.0. The average molecular weight is 747 g/mol. The summed E-state index contributed by atoms with van der Waals surface area (Å²) >= 11 is 14.6. The lowest BCUT2D eigenvalue weighted by molar-refractivity contribution is -0.139. The van der Waals surface area contributed by atoms with E-state index in [2.05, 4.69) is 36.9 Å². The molecule has 3 aromatic carbocycles. The number of esters is 1. The highest BCUT2D eigenvalue weighted by molar-refractivity contribution is 9.11. The fourth-order valence-electron chi connectivity index (χ4n) is 4.75. The summed E-state index contributed by atoms with van der Waals surface area (Å²) in [6, 6.07) is 17.9. The Kier molecular flexibility index (Phi) is 9.91. The largest absolute Gasteiger partial charge is 0.494 e. The van der Waals surface area contributed by atoms with Crippen LogP contribution in [-0.2, 0) is 16.1 Å². The number of halogens is 3. The van der Waals surface area contributed by atoms with Crippen molar-refractivity contribution in [3.8, 4) is 11.5 Å². The molecule has 1 aliphatic rings. The maximum atomic E-state index is 14.0. The molecular formula is C32H27Br2ClN2O5S. The lowest BCUT2D eigenvalue weighted by Gasteiger charge is -2.24. The Bertz CT molecular complexity index is 1880. The molecule has 1 aromatic heterocycles. The molecule has 0 fully saturated rings. The van der Waals surface area contributed by atoms with Gasteiger partial charge in [0, 0.05) is 5.02 Å². The Morgan fingerprint density at radius 3 is 2.42 bits per heavy atom. The first kappa shape index (κ1) is 31.3. The number of aromatic nitrogens is 1. The van der Waals surface area contributed by atoms with Crippen LogP contribution in [0.4, 0.5) is 0 Å². The molecule has 0 spiro atoms. The van der Waals surface area contributed by atoms with E-state index in [1.165, 1.54) is 11.3 Å². The molecule has 7 nitrogen and oxygen atoms in total. The normalized spacial score (nSPS) is 14.7. The SMILES string of the molecule is CCOC(=O)C1=C(C)N=c2s/c(=C\c3cc(Br)c(OCc4cccc(Cl)c4)c(Br)c3)c(=O)n2[C@H]1c1ccc(OCC)cc1. The highest BCUT2D eigenvalue weighted by Gasteiger charge is 2.33. The minimum absolute atomic E-state index is 0.207. The quantitative estimate of drug-likeness (QED) is 0.173. The van der Waals surface area contributed by atoms with Crippen LogP contribution in [-0.4, -0.2) is 23.8 Å². The van der Waals surface area contributed by atoms with Crippen LogP contribution in [0.5, 0.6) is 11.5 Å². The fraction of sp³-hybridized carbons (Fsp3) is 0.219. The molecule has 0 radical (unpaired) electrons. The van der Waals surface area contributed by atoms with Crippen molar-refractivity contribution in [3.63, 3.8) is 0 Å². The zero-order valence-electron chi connectivity index (χ0n) is 23.5. The first-order chi connectivity index (χ1) is 20.7. The molecule has 2 heterocycles. The first-order valence-corrected chi connectivity index (χ1v) is 16.3. The Labute approximate surface area is 274 Å². The van der Waals surface area contributed by atoms with Crippen LogP contribution in [0.15, 0.2) is 90.7 Å². The molecule has 0 N–H and O–H groups in total. The highest BCUT2D eigenvalue weighted by Crippen LogP contribution is 2.36. The third-order valence-electron chi connectivity index (χ3n) is 6.61. The number of allylic oxidation sites excluding steroid dienone is 1. The number of hydrogen-bond acceptors (Lipinski definition) is 7. The number of rotatable bonds is 9. The van der Waals surface area contributed by atoms with Crippen molar-refractivity contribution in [2.75, 3.05) is 13.2 Å². The van der Waals surface area contributed by atoms with Crippen LogP contribution < -0.4 is 24.4 Å². The second-order valence-electron chi connectivity index (χ2n) is 9.54. The topological polar surface area (TPSA) is 79.1 Å². The monoisotopic (exact) mass is 744 g/mol. The van der Waals surface area contributed by atoms with Gasteiger partial charge in [0.1, 0.15) is 18.1 Å². The summed E-state index contributed by atoms with van der Waals surface area (Å²) in [6.07, 6.45) is 1.80. The number of carbonyl (C=O) groups is 1. The molecule has 0 unspecified atom stereocenters. The number of ether oxygens (including phenoxy) is 3. The van der Waals surface area contributed by atoms with Crippen LogP contribution in [0.25, 0.3) is 6.08 Å². The van der Waals surface area contributed by atoms with Gasteiger partial charge in [-0.3, -0.25) is 9.36 Å². The summed E-state index contributed by atoms with van der Waals surface area (Å²) in [7, 11) is 0. The van der Waals surface area contributed by atoms with Crippen molar-refractivity contribution in [3.05, 3.63) is 122 Å². The van der Waals surface area contributed by atoms with E-state index in [4.69, 9.17) is 25.8 Å². The first-order valence-electron chi connectivity index (χ1n) is 13.5. The predicted octanol–water partition coefficient (Wildman–Crippen LogP) is 6.95. The number of carbonyl (C=O) groups excluding carboxylic acids is 1. The van der Waals surface area contributed by atoms with Crippen LogP contribution in [0.1, 0.15) is 43.5 Å². The van der Waals surface area contributed by atoms with Crippen LogP contribution in [0, 0.1) is 0 Å². The van der Waals surface area contributed by atoms with E-state index in [1.807, 2.05) is 67.6 Å². The smallest absolute Gasteiger partial charge is 0.338 e.